The summed E-state index contributed by atoms with van der Waals surface area (Å²) in [5.41, 5.74) is 4.26. The number of aromatic nitrogens is 1. The Labute approximate surface area is 182 Å². The molecule has 0 saturated carbocycles. The fraction of sp³-hybridized carbons (Fsp3) is 0.360. The minimum absolute atomic E-state index is 0.102. The Balaban J connectivity index is 1.65. The van der Waals surface area contributed by atoms with Gasteiger partial charge in [0.15, 0.2) is 0 Å². The summed E-state index contributed by atoms with van der Waals surface area (Å²) in [6.45, 7) is 2.77. The van der Waals surface area contributed by atoms with Gasteiger partial charge in [-0.3, -0.25) is 4.79 Å². The summed E-state index contributed by atoms with van der Waals surface area (Å²) < 4.78 is 0. The minimum atomic E-state index is -0.883. The van der Waals surface area contributed by atoms with Crippen molar-refractivity contribution in [3.63, 3.8) is 0 Å². The number of aliphatic hydroxyl groups is 1. The predicted molar refractivity (Wildman–Crippen MR) is 123 cm³/mol. The fourth-order valence-electron chi connectivity index (χ4n) is 4.18. The van der Waals surface area contributed by atoms with E-state index >= 15 is 0 Å². The third-order valence-electron chi connectivity index (χ3n) is 5.98. The van der Waals surface area contributed by atoms with Crippen LogP contribution in [0.4, 0.5) is 5.82 Å². The van der Waals surface area contributed by atoms with Crippen molar-refractivity contribution in [2.45, 2.75) is 25.4 Å². The Kier molecular flexibility index (Phi) is 6.49. The summed E-state index contributed by atoms with van der Waals surface area (Å²) in [5, 5.41) is 20.0. The number of carbonyl (C=O) groups is 1. The summed E-state index contributed by atoms with van der Waals surface area (Å²) in [6, 6.07) is 18.5. The summed E-state index contributed by atoms with van der Waals surface area (Å²) >= 11 is 0. The summed E-state index contributed by atoms with van der Waals surface area (Å²) in [5.74, 6) is -0.236. The Morgan fingerprint density at radius 1 is 1.13 bits per heavy atom. The molecule has 2 aromatic carbocycles. The first-order valence-electron chi connectivity index (χ1n) is 10.8. The molecule has 6 nitrogen and oxygen atoms in total. The average molecular weight is 420 g/mol. The van der Waals surface area contributed by atoms with Gasteiger partial charge in [0.2, 0.25) is 0 Å². The maximum Gasteiger partial charge on any atom is 0.323 e. The van der Waals surface area contributed by atoms with Gasteiger partial charge in [0.1, 0.15) is 12.4 Å². The smallest absolute Gasteiger partial charge is 0.323 e. The number of likely N-dealkylation sites (tertiary alicyclic amines) is 1. The number of fused-ring (bicyclic) bond motifs is 1. The Morgan fingerprint density at radius 3 is 2.58 bits per heavy atom. The number of likely N-dealkylation sites (N-methyl/N-ethyl adjacent to an activating group) is 1. The van der Waals surface area contributed by atoms with E-state index in [4.69, 9.17) is 4.98 Å². The molecule has 1 aliphatic heterocycles. The van der Waals surface area contributed by atoms with E-state index in [0.717, 1.165) is 60.9 Å². The largest absolute Gasteiger partial charge is 0.480 e. The van der Waals surface area contributed by atoms with Gasteiger partial charge in [-0.25, -0.2) is 4.98 Å². The van der Waals surface area contributed by atoms with Gasteiger partial charge in [-0.1, -0.05) is 36.4 Å². The van der Waals surface area contributed by atoms with Crippen molar-refractivity contribution in [2.24, 2.45) is 0 Å². The molecule has 4 rings (SSSR count). The fourth-order valence-corrected chi connectivity index (χ4v) is 4.18. The number of benzene rings is 2. The van der Waals surface area contributed by atoms with Gasteiger partial charge in [-0.15, -0.1) is 0 Å². The molecule has 0 atom stereocenters. The first kappa shape index (κ1) is 21.3. The lowest BCUT2D eigenvalue weighted by molar-refractivity contribution is -0.135. The molecular formula is C25H29N3O3. The highest BCUT2D eigenvalue weighted by atomic mass is 16.4. The molecule has 0 radical (unpaired) electrons. The molecule has 0 spiro atoms. The van der Waals surface area contributed by atoms with Crippen molar-refractivity contribution < 1.29 is 15.0 Å². The van der Waals surface area contributed by atoms with Crippen molar-refractivity contribution in [1.82, 2.24) is 9.88 Å². The maximum atomic E-state index is 11.2. The molecule has 0 unspecified atom stereocenters. The van der Waals surface area contributed by atoms with Gasteiger partial charge in [-0.05, 0) is 54.2 Å². The Bertz CT molecular complexity index is 1050. The van der Waals surface area contributed by atoms with Crippen LogP contribution in [0.5, 0.6) is 0 Å². The van der Waals surface area contributed by atoms with E-state index in [1.54, 1.807) is 11.9 Å². The lowest BCUT2D eigenvalue weighted by atomic mass is 9.98. The summed E-state index contributed by atoms with van der Waals surface area (Å²) in [7, 11) is 1.75. The number of hydrogen-bond donors (Lipinski definition) is 2. The maximum absolute atomic E-state index is 11.2. The highest BCUT2D eigenvalue weighted by Crippen LogP contribution is 2.32. The second kappa shape index (κ2) is 9.45. The van der Waals surface area contributed by atoms with Crippen LogP contribution in [0.25, 0.3) is 22.0 Å². The third-order valence-corrected chi connectivity index (χ3v) is 5.98. The lowest BCUT2D eigenvalue weighted by Gasteiger charge is -2.29. The second-order valence-corrected chi connectivity index (χ2v) is 8.32. The molecule has 0 aliphatic carbocycles. The molecule has 0 amide bonds. The number of aliphatic carboxylic acids is 1. The Morgan fingerprint density at radius 2 is 1.87 bits per heavy atom. The van der Waals surface area contributed by atoms with Gasteiger partial charge in [-0.2, -0.15) is 0 Å². The zero-order valence-corrected chi connectivity index (χ0v) is 17.9. The monoisotopic (exact) mass is 419 g/mol. The van der Waals surface area contributed by atoms with Gasteiger partial charge < -0.3 is 20.0 Å². The first-order chi connectivity index (χ1) is 15.0. The highest BCUT2D eigenvalue weighted by Gasteiger charge is 2.17. The SMILES string of the molecule is CN(CC(=O)O)c1cc(-c2ccccc2)c2cc(CCN3CCC(O)CC3)ccc2n1. The molecule has 2 heterocycles. The number of rotatable bonds is 7. The van der Waals surface area contributed by atoms with E-state index in [1.807, 2.05) is 30.3 Å². The average Bonchev–Trinajstić information content (AvgIpc) is 2.78. The Hall–Kier alpha value is -2.96. The lowest BCUT2D eigenvalue weighted by Crippen LogP contribution is -2.37. The molecule has 1 aromatic heterocycles. The molecule has 0 bridgehead atoms. The van der Waals surface area contributed by atoms with Crippen LogP contribution < -0.4 is 4.90 Å². The number of carboxylic acid groups (broad SMARTS) is 1. The van der Waals surface area contributed by atoms with Crippen molar-refractivity contribution in [1.29, 1.82) is 0 Å². The number of aliphatic hydroxyl groups excluding tert-OH is 1. The topological polar surface area (TPSA) is 76.9 Å². The molecule has 162 valence electrons. The second-order valence-electron chi connectivity index (χ2n) is 8.32. The molecule has 6 heteroatoms. The quantitative estimate of drug-likeness (QED) is 0.611. The van der Waals surface area contributed by atoms with Crippen molar-refractivity contribution in [2.75, 3.05) is 38.1 Å². The van der Waals surface area contributed by atoms with Crippen LogP contribution in [0.2, 0.25) is 0 Å². The molecule has 1 aliphatic rings. The summed E-state index contributed by atoms with van der Waals surface area (Å²) in [4.78, 5) is 20.0. The van der Waals surface area contributed by atoms with Gasteiger partial charge in [0, 0.05) is 32.1 Å². The van der Waals surface area contributed by atoms with Crippen LogP contribution >= 0.6 is 0 Å². The van der Waals surface area contributed by atoms with E-state index in [-0.39, 0.29) is 12.6 Å². The number of hydrogen-bond acceptors (Lipinski definition) is 5. The molecule has 1 fully saturated rings. The van der Waals surface area contributed by atoms with Crippen LogP contribution in [0.15, 0.2) is 54.6 Å². The number of piperidine rings is 1. The van der Waals surface area contributed by atoms with E-state index in [2.05, 4.69) is 29.2 Å². The van der Waals surface area contributed by atoms with Gasteiger partial charge in [0.25, 0.3) is 0 Å². The number of anilines is 1. The molecule has 3 aromatic rings. The predicted octanol–water partition coefficient (Wildman–Crippen LogP) is 3.42. The van der Waals surface area contributed by atoms with E-state index < -0.39 is 5.97 Å². The third kappa shape index (κ3) is 5.21. The van der Waals surface area contributed by atoms with Crippen LogP contribution in [-0.4, -0.2) is 65.4 Å². The molecular weight excluding hydrogens is 390 g/mol. The first-order valence-corrected chi connectivity index (χ1v) is 10.8. The van der Waals surface area contributed by atoms with Crippen LogP contribution in [-0.2, 0) is 11.2 Å². The number of pyridine rings is 1. The number of nitrogens with zero attached hydrogens (tertiary/aromatic N) is 3. The van der Waals surface area contributed by atoms with Crippen molar-refractivity contribution >= 4 is 22.7 Å². The zero-order chi connectivity index (χ0) is 21.8. The highest BCUT2D eigenvalue weighted by molar-refractivity contribution is 5.96. The molecule has 1 saturated heterocycles. The standard InChI is InChI=1S/C25H29N3O3/c1-27(17-25(30)31)24-16-21(19-5-3-2-4-6-19)22-15-18(7-8-23(22)26-24)9-12-28-13-10-20(29)11-14-28/h2-8,15-16,20,29H,9-14,17H2,1H3,(H,30,31). The summed E-state index contributed by atoms with van der Waals surface area (Å²) in [6.07, 6.45) is 2.50. The van der Waals surface area contributed by atoms with Crippen LogP contribution in [0.3, 0.4) is 0 Å². The van der Waals surface area contributed by atoms with Crippen molar-refractivity contribution in [3.8, 4) is 11.1 Å². The van der Waals surface area contributed by atoms with Gasteiger partial charge in [0.05, 0.1) is 11.6 Å². The molecule has 2 N–H and O–H groups in total. The van der Waals surface area contributed by atoms with Crippen molar-refractivity contribution in [3.05, 3.63) is 60.2 Å². The zero-order valence-electron chi connectivity index (χ0n) is 17.9. The van der Waals surface area contributed by atoms with E-state index in [0.29, 0.717) is 5.82 Å². The van der Waals surface area contributed by atoms with Gasteiger partial charge >= 0.3 is 5.97 Å². The van der Waals surface area contributed by atoms with E-state index in [9.17, 15) is 15.0 Å². The number of carboxylic acids is 1. The molecule has 31 heavy (non-hydrogen) atoms. The van der Waals surface area contributed by atoms with Crippen LogP contribution in [0, 0.1) is 0 Å². The minimum Gasteiger partial charge on any atom is -0.480 e. The normalized spacial score (nSPS) is 15.3. The van der Waals surface area contributed by atoms with Crippen LogP contribution in [0.1, 0.15) is 18.4 Å². The van der Waals surface area contributed by atoms with E-state index in [1.165, 1.54) is 5.56 Å².